The molecular weight excluding hydrogens is 478 g/mol. The van der Waals surface area contributed by atoms with Crippen LogP contribution in [0.5, 0.6) is 0 Å². The van der Waals surface area contributed by atoms with Gasteiger partial charge in [-0.25, -0.2) is 9.79 Å². The molecule has 31 heavy (non-hydrogen) atoms. The van der Waals surface area contributed by atoms with Crippen molar-refractivity contribution < 1.29 is 14.7 Å². The summed E-state index contributed by atoms with van der Waals surface area (Å²) >= 11 is 4.81. The summed E-state index contributed by atoms with van der Waals surface area (Å²) < 4.78 is 2.99. The lowest BCUT2D eigenvalue weighted by atomic mass is 10.2. The van der Waals surface area contributed by atoms with Crippen LogP contribution in [0.25, 0.3) is 11.8 Å². The monoisotopic (exact) mass is 495 g/mol. The second kappa shape index (κ2) is 8.95. The zero-order valence-electron chi connectivity index (χ0n) is 16.5. The maximum atomic E-state index is 13.0. The van der Waals surface area contributed by atoms with Gasteiger partial charge in [0.05, 0.1) is 16.2 Å². The number of amidine groups is 1. The van der Waals surface area contributed by atoms with Crippen molar-refractivity contribution in [1.29, 1.82) is 0 Å². The van der Waals surface area contributed by atoms with Crippen LogP contribution in [-0.4, -0.2) is 38.2 Å². The van der Waals surface area contributed by atoms with Crippen molar-refractivity contribution in [1.82, 2.24) is 9.47 Å². The summed E-state index contributed by atoms with van der Waals surface area (Å²) in [5.74, 6) is -1.09. The van der Waals surface area contributed by atoms with Crippen molar-refractivity contribution in [2.75, 3.05) is 6.54 Å². The lowest BCUT2D eigenvalue weighted by molar-refractivity contribution is -0.122. The zero-order valence-corrected chi connectivity index (χ0v) is 18.9. The van der Waals surface area contributed by atoms with Gasteiger partial charge in [0.2, 0.25) is 0 Å². The summed E-state index contributed by atoms with van der Waals surface area (Å²) in [6, 6.07) is 18.1. The maximum Gasteiger partial charge on any atom is 0.335 e. The van der Waals surface area contributed by atoms with Crippen LogP contribution in [0.4, 0.5) is 5.69 Å². The number of hydrogen-bond acceptors (Lipinski definition) is 4. The number of amides is 1. The molecule has 156 valence electrons. The van der Waals surface area contributed by atoms with Gasteiger partial charge in [0.1, 0.15) is 0 Å². The fraction of sp³-hybridized carbons (Fsp3) is 0.0870. The van der Waals surface area contributed by atoms with E-state index in [1.165, 1.54) is 23.9 Å². The number of nitrogens with zero attached hydrogens (tertiary/aromatic N) is 3. The number of benzene rings is 2. The first-order chi connectivity index (χ1) is 15.0. The highest BCUT2D eigenvalue weighted by molar-refractivity contribution is 9.10. The van der Waals surface area contributed by atoms with Crippen LogP contribution in [0.2, 0.25) is 0 Å². The Morgan fingerprint density at radius 3 is 2.61 bits per heavy atom. The number of aromatic nitrogens is 1. The Hall–Kier alpha value is -3.10. The van der Waals surface area contributed by atoms with Crippen LogP contribution in [0.1, 0.15) is 23.0 Å². The standard InChI is InChI=1S/C23H18BrN3O3S/c1-2-26-21(28)20(31-23(26)25-17-10-8-15(9-11-17)22(29)30)14-19-7-4-12-27(19)18-6-3-5-16(24)13-18/h3-14H,2H2,1H3,(H,29,30)/b20-14-,25-23?. The van der Waals surface area contributed by atoms with Gasteiger partial charge in [-0.15, -0.1) is 0 Å². The molecule has 0 unspecified atom stereocenters. The van der Waals surface area contributed by atoms with E-state index in [1.54, 1.807) is 17.0 Å². The molecule has 0 saturated carbocycles. The van der Waals surface area contributed by atoms with E-state index in [0.717, 1.165) is 15.9 Å². The van der Waals surface area contributed by atoms with Gasteiger partial charge >= 0.3 is 5.97 Å². The Kier molecular flexibility index (Phi) is 6.11. The Balaban J connectivity index is 1.65. The van der Waals surface area contributed by atoms with E-state index in [0.29, 0.717) is 22.3 Å². The zero-order chi connectivity index (χ0) is 22.0. The number of halogens is 1. The maximum absolute atomic E-state index is 13.0. The quantitative estimate of drug-likeness (QED) is 0.470. The van der Waals surface area contributed by atoms with Crippen LogP contribution in [0.15, 0.2) is 81.2 Å². The molecule has 1 aromatic heterocycles. The summed E-state index contributed by atoms with van der Waals surface area (Å²) in [5.41, 5.74) is 2.66. The predicted molar refractivity (Wildman–Crippen MR) is 127 cm³/mol. The highest BCUT2D eigenvalue weighted by Gasteiger charge is 2.32. The number of hydrogen-bond donors (Lipinski definition) is 1. The van der Waals surface area contributed by atoms with Gasteiger partial charge in [0.25, 0.3) is 5.91 Å². The Morgan fingerprint density at radius 2 is 1.94 bits per heavy atom. The predicted octanol–water partition coefficient (Wildman–Crippen LogP) is 5.56. The van der Waals surface area contributed by atoms with Gasteiger partial charge in [-0.05, 0) is 79.4 Å². The second-order valence-electron chi connectivity index (χ2n) is 6.69. The largest absolute Gasteiger partial charge is 0.478 e. The molecule has 0 radical (unpaired) electrons. The van der Waals surface area contributed by atoms with Gasteiger partial charge < -0.3 is 9.67 Å². The summed E-state index contributed by atoms with van der Waals surface area (Å²) in [6.45, 7) is 2.39. The molecule has 6 nitrogen and oxygen atoms in total. The average Bonchev–Trinajstić information content (AvgIpc) is 3.33. The molecule has 1 amide bonds. The molecule has 2 heterocycles. The van der Waals surface area contributed by atoms with Crippen molar-refractivity contribution in [3.8, 4) is 5.69 Å². The molecule has 0 spiro atoms. The minimum absolute atomic E-state index is 0.101. The van der Waals surface area contributed by atoms with Gasteiger partial charge in [-0.3, -0.25) is 9.69 Å². The molecule has 3 aromatic rings. The fourth-order valence-electron chi connectivity index (χ4n) is 3.17. The highest BCUT2D eigenvalue weighted by atomic mass is 79.9. The average molecular weight is 496 g/mol. The van der Waals surface area contributed by atoms with Crippen LogP contribution >= 0.6 is 27.7 Å². The van der Waals surface area contributed by atoms with Crippen molar-refractivity contribution >= 4 is 56.5 Å². The first kappa shape index (κ1) is 21.1. The molecule has 8 heteroatoms. The minimum atomic E-state index is -0.988. The summed E-state index contributed by atoms with van der Waals surface area (Å²) in [4.78, 5) is 30.8. The molecule has 0 atom stereocenters. The Morgan fingerprint density at radius 1 is 1.16 bits per heavy atom. The molecule has 0 bridgehead atoms. The Labute approximate surface area is 192 Å². The normalized spacial score (nSPS) is 16.5. The molecule has 1 fully saturated rings. The van der Waals surface area contributed by atoms with Crippen LogP contribution in [0.3, 0.4) is 0 Å². The lowest BCUT2D eigenvalue weighted by Crippen LogP contribution is -2.28. The molecule has 1 aliphatic heterocycles. The fourth-order valence-corrected chi connectivity index (χ4v) is 4.60. The van der Waals surface area contributed by atoms with E-state index in [4.69, 9.17) is 5.11 Å². The smallest absolute Gasteiger partial charge is 0.335 e. The number of likely N-dealkylation sites (N-methyl/N-ethyl adjacent to an activating group) is 1. The van der Waals surface area contributed by atoms with Gasteiger partial charge in [-0.2, -0.15) is 0 Å². The molecule has 1 N–H and O–H groups in total. The van der Waals surface area contributed by atoms with Crippen LogP contribution in [-0.2, 0) is 4.79 Å². The second-order valence-corrected chi connectivity index (χ2v) is 8.61. The van der Waals surface area contributed by atoms with Gasteiger partial charge in [0, 0.05) is 28.6 Å². The third-order valence-electron chi connectivity index (χ3n) is 4.69. The number of rotatable bonds is 5. The van der Waals surface area contributed by atoms with Gasteiger partial charge in [-0.1, -0.05) is 22.0 Å². The number of carbonyl (C=O) groups is 2. The van der Waals surface area contributed by atoms with E-state index < -0.39 is 5.97 Å². The molecule has 2 aromatic carbocycles. The summed E-state index contributed by atoms with van der Waals surface area (Å²) in [6.07, 6.45) is 3.82. The first-order valence-corrected chi connectivity index (χ1v) is 11.1. The van der Waals surface area contributed by atoms with E-state index in [1.807, 2.05) is 60.2 Å². The van der Waals surface area contributed by atoms with Crippen molar-refractivity contribution in [2.24, 2.45) is 4.99 Å². The lowest BCUT2D eigenvalue weighted by Gasteiger charge is -2.12. The number of thioether (sulfide) groups is 1. The number of carbonyl (C=O) groups excluding carboxylic acids is 1. The number of carboxylic acid groups (broad SMARTS) is 1. The number of aliphatic imine (C=N–C) groups is 1. The van der Waals surface area contributed by atoms with E-state index in [-0.39, 0.29) is 11.5 Å². The SMILES string of the molecule is CCN1C(=O)/C(=C/c2cccn2-c2cccc(Br)c2)SC1=Nc1ccc(C(=O)O)cc1. The van der Waals surface area contributed by atoms with Crippen molar-refractivity contribution in [3.05, 3.63) is 87.5 Å². The van der Waals surface area contributed by atoms with Crippen LogP contribution in [0, 0.1) is 0 Å². The third kappa shape index (κ3) is 4.50. The van der Waals surface area contributed by atoms with E-state index in [9.17, 15) is 9.59 Å². The Bertz CT molecular complexity index is 1210. The number of aromatic carboxylic acids is 1. The minimum Gasteiger partial charge on any atom is -0.478 e. The summed E-state index contributed by atoms with van der Waals surface area (Å²) in [7, 11) is 0. The van der Waals surface area contributed by atoms with E-state index >= 15 is 0 Å². The van der Waals surface area contributed by atoms with Crippen molar-refractivity contribution in [3.63, 3.8) is 0 Å². The van der Waals surface area contributed by atoms with E-state index in [2.05, 4.69) is 20.9 Å². The third-order valence-corrected chi connectivity index (χ3v) is 6.19. The van der Waals surface area contributed by atoms with Crippen molar-refractivity contribution in [2.45, 2.75) is 6.92 Å². The molecule has 4 rings (SSSR count). The van der Waals surface area contributed by atoms with Crippen LogP contribution < -0.4 is 0 Å². The first-order valence-electron chi connectivity index (χ1n) is 9.53. The highest BCUT2D eigenvalue weighted by Crippen LogP contribution is 2.34. The molecular formula is C23H18BrN3O3S. The molecule has 1 saturated heterocycles. The number of carboxylic acids is 1. The van der Waals surface area contributed by atoms with Gasteiger partial charge in [0.15, 0.2) is 5.17 Å². The topological polar surface area (TPSA) is 74.9 Å². The molecule has 0 aliphatic carbocycles. The summed E-state index contributed by atoms with van der Waals surface area (Å²) in [5, 5.41) is 9.62. The molecule has 1 aliphatic rings.